The smallest absolute Gasteiger partial charge is 0.216 e. The van der Waals surface area contributed by atoms with Gasteiger partial charge in [-0.15, -0.1) is 11.3 Å². The molecular formula is C12H18N2OS. The average Bonchev–Trinajstić information content (AvgIpc) is 2.76. The summed E-state index contributed by atoms with van der Waals surface area (Å²) in [7, 11) is 0. The van der Waals surface area contributed by atoms with E-state index in [1.165, 1.54) is 24.1 Å². The van der Waals surface area contributed by atoms with Crippen LogP contribution in [-0.4, -0.2) is 19.0 Å². The van der Waals surface area contributed by atoms with Crippen LogP contribution in [0.2, 0.25) is 0 Å². The fourth-order valence-electron chi connectivity index (χ4n) is 2.02. The lowest BCUT2D eigenvalue weighted by atomic mass is 10.2. The van der Waals surface area contributed by atoms with E-state index < -0.39 is 0 Å². The number of thiophene rings is 1. The van der Waals surface area contributed by atoms with Crippen LogP contribution in [0, 0.1) is 0 Å². The maximum Gasteiger partial charge on any atom is 0.216 e. The summed E-state index contributed by atoms with van der Waals surface area (Å²) in [4.78, 5) is 13.6. The lowest BCUT2D eigenvalue weighted by Gasteiger charge is -2.03. The number of aryl methyl sites for hydroxylation is 2. The fraction of sp³-hybridized carbons (Fsp3) is 0.583. The van der Waals surface area contributed by atoms with Crippen LogP contribution < -0.4 is 10.6 Å². The van der Waals surface area contributed by atoms with Gasteiger partial charge in [-0.3, -0.25) is 4.79 Å². The van der Waals surface area contributed by atoms with Crippen LogP contribution in [-0.2, 0) is 24.2 Å². The van der Waals surface area contributed by atoms with E-state index in [4.69, 9.17) is 0 Å². The van der Waals surface area contributed by atoms with Gasteiger partial charge < -0.3 is 10.6 Å². The number of carbonyl (C=O) groups is 1. The summed E-state index contributed by atoms with van der Waals surface area (Å²) in [5.41, 5.74) is 1.56. The summed E-state index contributed by atoms with van der Waals surface area (Å²) >= 11 is 1.94. The van der Waals surface area contributed by atoms with Crippen molar-refractivity contribution in [2.75, 3.05) is 13.1 Å². The molecule has 0 aromatic carbocycles. The SMILES string of the molecule is CC(=O)NCCNCc1cc2c(s1)CCC2. The van der Waals surface area contributed by atoms with Crippen molar-refractivity contribution in [3.63, 3.8) is 0 Å². The van der Waals surface area contributed by atoms with Crippen molar-refractivity contribution in [1.82, 2.24) is 10.6 Å². The highest BCUT2D eigenvalue weighted by Gasteiger charge is 2.14. The zero-order valence-electron chi connectivity index (χ0n) is 9.64. The third-order valence-corrected chi connectivity index (χ3v) is 4.01. The van der Waals surface area contributed by atoms with E-state index in [9.17, 15) is 4.79 Å². The monoisotopic (exact) mass is 238 g/mol. The predicted molar refractivity (Wildman–Crippen MR) is 66.7 cm³/mol. The van der Waals surface area contributed by atoms with Crippen molar-refractivity contribution in [2.45, 2.75) is 32.7 Å². The van der Waals surface area contributed by atoms with E-state index in [0.717, 1.165) is 13.1 Å². The molecule has 2 N–H and O–H groups in total. The van der Waals surface area contributed by atoms with Crippen LogP contribution in [0.25, 0.3) is 0 Å². The van der Waals surface area contributed by atoms with E-state index >= 15 is 0 Å². The van der Waals surface area contributed by atoms with Gasteiger partial charge in [-0.2, -0.15) is 0 Å². The maximum atomic E-state index is 10.6. The molecule has 0 saturated heterocycles. The van der Waals surface area contributed by atoms with Gasteiger partial charge in [0.2, 0.25) is 5.91 Å². The van der Waals surface area contributed by atoms with Crippen molar-refractivity contribution in [3.8, 4) is 0 Å². The minimum Gasteiger partial charge on any atom is -0.355 e. The topological polar surface area (TPSA) is 41.1 Å². The summed E-state index contributed by atoms with van der Waals surface area (Å²) < 4.78 is 0. The Labute approximate surface area is 100 Å². The Balaban J connectivity index is 1.67. The number of hydrogen-bond acceptors (Lipinski definition) is 3. The lowest BCUT2D eigenvalue weighted by Crippen LogP contribution is -2.29. The standard InChI is InChI=1S/C12H18N2OS/c1-9(15)14-6-5-13-8-11-7-10-3-2-4-12(10)16-11/h7,13H,2-6,8H2,1H3,(H,14,15). The molecule has 0 aliphatic heterocycles. The van der Waals surface area contributed by atoms with Crippen molar-refractivity contribution in [2.24, 2.45) is 0 Å². The molecule has 3 nitrogen and oxygen atoms in total. The van der Waals surface area contributed by atoms with E-state index in [-0.39, 0.29) is 5.91 Å². The summed E-state index contributed by atoms with van der Waals surface area (Å²) in [5.74, 6) is 0.0388. The third-order valence-electron chi connectivity index (χ3n) is 2.77. The van der Waals surface area contributed by atoms with Crippen molar-refractivity contribution in [3.05, 3.63) is 21.4 Å². The van der Waals surface area contributed by atoms with Crippen molar-refractivity contribution >= 4 is 17.2 Å². The second kappa shape index (κ2) is 5.46. The molecule has 1 aliphatic rings. The summed E-state index contributed by atoms with van der Waals surface area (Å²) in [6.45, 7) is 4.02. The van der Waals surface area contributed by atoms with Crippen molar-refractivity contribution < 1.29 is 4.79 Å². The number of nitrogens with one attached hydrogen (secondary N) is 2. The van der Waals surface area contributed by atoms with Gasteiger partial charge >= 0.3 is 0 Å². The predicted octanol–water partition coefficient (Wildman–Crippen LogP) is 1.46. The Bertz CT molecular complexity index is 352. The first kappa shape index (κ1) is 11.6. The molecule has 1 heterocycles. The molecule has 0 spiro atoms. The van der Waals surface area contributed by atoms with Crippen LogP contribution in [0.5, 0.6) is 0 Å². The Kier molecular flexibility index (Phi) is 3.96. The lowest BCUT2D eigenvalue weighted by molar-refractivity contribution is -0.118. The molecule has 0 bridgehead atoms. The molecule has 0 saturated carbocycles. The van der Waals surface area contributed by atoms with Crippen LogP contribution in [0.4, 0.5) is 0 Å². The molecule has 2 rings (SSSR count). The molecule has 0 unspecified atom stereocenters. The highest BCUT2D eigenvalue weighted by atomic mass is 32.1. The first-order chi connectivity index (χ1) is 7.75. The van der Waals surface area contributed by atoms with E-state index in [1.54, 1.807) is 17.4 Å². The molecule has 0 radical (unpaired) electrons. The van der Waals surface area contributed by atoms with Crippen molar-refractivity contribution in [1.29, 1.82) is 0 Å². The number of carbonyl (C=O) groups excluding carboxylic acids is 1. The molecule has 1 amide bonds. The van der Waals surface area contributed by atoms with E-state index in [0.29, 0.717) is 6.54 Å². The van der Waals surface area contributed by atoms with Gasteiger partial charge in [-0.25, -0.2) is 0 Å². The third kappa shape index (κ3) is 3.06. The normalized spacial score (nSPS) is 13.8. The van der Waals surface area contributed by atoms with Gasteiger partial charge in [0, 0.05) is 36.3 Å². The first-order valence-electron chi connectivity index (χ1n) is 5.81. The molecule has 0 fully saturated rings. The number of rotatable bonds is 5. The van der Waals surface area contributed by atoms with Gasteiger partial charge in [0.15, 0.2) is 0 Å². The number of amides is 1. The second-order valence-corrected chi connectivity index (χ2v) is 5.40. The zero-order chi connectivity index (χ0) is 11.4. The van der Waals surface area contributed by atoms with Gasteiger partial charge in [-0.05, 0) is 30.9 Å². The minimum absolute atomic E-state index is 0.0388. The van der Waals surface area contributed by atoms with Gasteiger partial charge in [0.05, 0.1) is 0 Å². The fourth-order valence-corrected chi connectivity index (χ4v) is 3.25. The molecule has 4 heteroatoms. The molecule has 1 aliphatic carbocycles. The zero-order valence-corrected chi connectivity index (χ0v) is 10.5. The van der Waals surface area contributed by atoms with Crippen LogP contribution in [0.15, 0.2) is 6.07 Å². The largest absolute Gasteiger partial charge is 0.355 e. The molecular weight excluding hydrogens is 220 g/mol. The first-order valence-corrected chi connectivity index (χ1v) is 6.63. The second-order valence-electron chi connectivity index (χ2n) is 4.17. The average molecular weight is 238 g/mol. The molecule has 88 valence electrons. The molecule has 16 heavy (non-hydrogen) atoms. The van der Waals surface area contributed by atoms with Crippen LogP contribution >= 0.6 is 11.3 Å². The van der Waals surface area contributed by atoms with Crippen LogP contribution in [0.1, 0.15) is 28.7 Å². The summed E-state index contributed by atoms with van der Waals surface area (Å²) in [6, 6.07) is 2.33. The highest BCUT2D eigenvalue weighted by molar-refractivity contribution is 7.12. The Morgan fingerprint density at radius 3 is 3.06 bits per heavy atom. The maximum absolute atomic E-state index is 10.6. The van der Waals surface area contributed by atoms with Crippen LogP contribution in [0.3, 0.4) is 0 Å². The highest BCUT2D eigenvalue weighted by Crippen LogP contribution is 2.30. The minimum atomic E-state index is 0.0388. The molecule has 1 aromatic heterocycles. The Morgan fingerprint density at radius 2 is 2.31 bits per heavy atom. The Hall–Kier alpha value is -0.870. The van der Waals surface area contributed by atoms with Gasteiger partial charge in [0.1, 0.15) is 0 Å². The number of hydrogen-bond donors (Lipinski definition) is 2. The van der Waals surface area contributed by atoms with E-state index in [2.05, 4.69) is 16.7 Å². The summed E-state index contributed by atoms with van der Waals surface area (Å²) in [5, 5.41) is 6.11. The van der Waals surface area contributed by atoms with Gasteiger partial charge in [0.25, 0.3) is 0 Å². The van der Waals surface area contributed by atoms with Gasteiger partial charge in [-0.1, -0.05) is 0 Å². The van der Waals surface area contributed by atoms with E-state index in [1.807, 2.05) is 11.3 Å². The number of fused-ring (bicyclic) bond motifs is 1. The molecule has 0 atom stereocenters. The molecule has 1 aromatic rings. The quantitative estimate of drug-likeness (QED) is 0.763. The Morgan fingerprint density at radius 1 is 1.44 bits per heavy atom. The summed E-state index contributed by atoms with van der Waals surface area (Å²) in [6.07, 6.45) is 3.86.